The molecule has 0 bridgehead atoms. The number of hydrogen-bond donors (Lipinski definition) is 0. The van der Waals surface area contributed by atoms with Crippen LogP contribution in [-0.4, -0.2) is 9.78 Å². The summed E-state index contributed by atoms with van der Waals surface area (Å²) in [5, 5.41) is 14.1. The van der Waals surface area contributed by atoms with E-state index in [-0.39, 0.29) is 5.41 Å². The molecule has 0 N–H and O–H groups in total. The van der Waals surface area contributed by atoms with Crippen LogP contribution in [0.1, 0.15) is 32.0 Å². The Morgan fingerprint density at radius 1 is 1.26 bits per heavy atom. The minimum Gasteiger partial charge on any atom is -0.221 e. The normalized spacial score (nSPS) is 11.4. The predicted molar refractivity (Wildman–Crippen MR) is 79.7 cm³/mol. The fourth-order valence-electron chi connectivity index (χ4n) is 1.77. The van der Waals surface area contributed by atoms with Crippen LogP contribution in [0.2, 0.25) is 5.15 Å². The van der Waals surface area contributed by atoms with E-state index in [0.717, 1.165) is 10.2 Å². The van der Waals surface area contributed by atoms with Crippen molar-refractivity contribution in [2.75, 3.05) is 0 Å². The van der Waals surface area contributed by atoms with Crippen molar-refractivity contribution >= 4 is 27.5 Å². The zero-order valence-electron chi connectivity index (χ0n) is 10.9. The molecule has 2 aromatic rings. The molecular weight excluding hydrogens is 326 g/mol. The van der Waals surface area contributed by atoms with E-state index in [1.165, 1.54) is 0 Å². The number of benzene rings is 1. The summed E-state index contributed by atoms with van der Waals surface area (Å²) < 4.78 is 2.59. The van der Waals surface area contributed by atoms with Crippen molar-refractivity contribution in [1.82, 2.24) is 9.78 Å². The lowest BCUT2D eigenvalue weighted by molar-refractivity contribution is 0.559. The molecule has 1 aromatic carbocycles. The van der Waals surface area contributed by atoms with Crippen molar-refractivity contribution in [2.45, 2.75) is 26.2 Å². The van der Waals surface area contributed by atoms with Gasteiger partial charge in [-0.15, -0.1) is 0 Å². The molecule has 3 nitrogen and oxygen atoms in total. The lowest BCUT2D eigenvalue weighted by Crippen LogP contribution is -2.14. The number of nitrogens with zero attached hydrogens (tertiary/aromatic N) is 3. The molecule has 0 aliphatic carbocycles. The molecule has 0 spiro atoms. The average Bonchev–Trinajstić information content (AvgIpc) is 2.67. The third kappa shape index (κ3) is 2.68. The summed E-state index contributed by atoms with van der Waals surface area (Å²) in [4.78, 5) is 0. The van der Waals surface area contributed by atoms with Crippen molar-refractivity contribution < 1.29 is 0 Å². The first-order valence-corrected chi connectivity index (χ1v) is 6.96. The van der Waals surface area contributed by atoms with Crippen molar-refractivity contribution in [1.29, 1.82) is 5.26 Å². The molecule has 1 heterocycles. The molecule has 0 unspecified atom stereocenters. The van der Waals surface area contributed by atoms with Gasteiger partial charge in [0.25, 0.3) is 0 Å². The van der Waals surface area contributed by atoms with Gasteiger partial charge in [-0.2, -0.15) is 10.4 Å². The highest BCUT2D eigenvalue weighted by Crippen LogP contribution is 2.31. The van der Waals surface area contributed by atoms with E-state index in [2.05, 4.69) is 27.1 Å². The minimum atomic E-state index is -0.227. The standard InChI is InChI=1S/C14H13BrClN3/c1-14(2,3)12-11(8-17)13(16)19(18-12)10-6-4-9(15)5-7-10/h4-7H,1-3H3. The van der Waals surface area contributed by atoms with Gasteiger partial charge in [-0.25, -0.2) is 4.68 Å². The Bertz CT molecular complexity index is 645. The van der Waals surface area contributed by atoms with Gasteiger partial charge < -0.3 is 0 Å². The molecule has 0 fully saturated rings. The van der Waals surface area contributed by atoms with Crippen LogP contribution in [0.25, 0.3) is 5.69 Å². The fraction of sp³-hybridized carbons (Fsp3) is 0.286. The highest BCUT2D eigenvalue weighted by atomic mass is 79.9. The lowest BCUT2D eigenvalue weighted by Gasteiger charge is -2.15. The van der Waals surface area contributed by atoms with E-state index in [4.69, 9.17) is 11.6 Å². The minimum absolute atomic E-state index is 0.227. The average molecular weight is 339 g/mol. The van der Waals surface area contributed by atoms with E-state index in [1.54, 1.807) is 4.68 Å². The van der Waals surface area contributed by atoms with Gasteiger partial charge in [0.15, 0.2) is 5.15 Å². The van der Waals surface area contributed by atoms with Crippen LogP contribution in [-0.2, 0) is 5.41 Å². The van der Waals surface area contributed by atoms with Gasteiger partial charge in [-0.3, -0.25) is 0 Å². The first-order chi connectivity index (χ1) is 8.84. The zero-order chi connectivity index (χ0) is 14.2. The van der Waals surface area contributed by atoms with Crippen LogP contribution in [0.15, 0.2) is 28.7 Å². The number of aromatic nitrogens is 2. The Hall–Kier alpha value is -1.31. The Morgan fingerprint density at radius 2 is 1.84 bits per heavy atom. The van der Waals surface area contributed by atoms with E-state index < -0.39 is 0 Å². The summed E-state index contributed by atoms with van der Waals surface area (Å²) in [6.07, 6.45) is 0. The van der Waals surface area contributed by atoms with Gasteiger partial charge in [0.1, 0.15) is 11.6 Å². The summed E-state index contributed by atoms with van der Waals surface area (Å²) in [6, 6.07) is 9.77. The third-order valence-electron chi connectivity index (χ3n) is 2.72. The number of hydrogen-bond acceptors (Lipinski definition) is 2. The second-order valence-electron chi connectivity index (χ2n) is 5.26. The van der Waals surface area contributed by atoms with Crippen LogP contribution in [0, 0.1) is 11.3 Å². The second kappa shape index (κ2) is 4.99. The van der Waals surface area contributed by atoms with Gasteiger partial charge in [0.2, 0.25) is 0 Å². The molecule has 1 aromatic heterocycles. The molecule has 2 rings (SSSR count). The third-order valence-corrected chi connectivity index (χ3v) is 3.60. The Kier molecular flexibility index (Phi) is 3.71. The molecule has 19 heavy (non-hydrogen) atoms. The summed E-state index contributed by atoms with van der Waals surface area (Å²) in [5.41, 5.74) is 1.76. The second-order valence-corrected chi connectivity index (χ2v) is 6.54. The SMILES string of the molecule is CC(C)(C)c1nn(-c2ccc(Br)cc2)c(Cl)c1C#N. The quantitative estimate of drug-likeness (QED) is 0.770. The molecular formula is C14H13BrClN3. The van der Waals surface area contributed by atoms with Crippen molar-refractivity contribution in [3.05, 3.63) is 45.1 Å². The van der Waals surface area contributed by atoms with E-state index in [9.17, 15) is 5.26 Å². The van der Waals surface area contributed by atoms with Gasteiger partial charge in [-0.1, -0.05) is 48.3 Å². The molecule has 0 radical (unpaired) electrons. The Balaban J connectivity index is 2.64. The Labute approximate surface area is 125 Å². The largest absolute Gasteiger partial charge is 0.221 e. The van der Waals surface area contributed by atoms with Crippen LogP contribution < -0.4 is 0 Å². The van der Waals surface area contributed by atoms with E-state index >= 15 is 0 Å². The smallest absolute Gasteiger partial charge is 0.150 e. The first kappa shape index (κ1) is 14.1. The topological polar surface area (TPSA) is 41.6 Å². The van der Waals surface area contributed by atoms with Gasteiger partial charge in [-0.05, 0) is 24.3 Å². The number of nitriles is 1. The predicted octanol–water partition coefficient (Wildman–Crippen LogP) is 4.46. The van der Waals surface area contributed by atoms with Crippen LogP contribution in [0.5, 0.6) is 0 Å². The van der Waals surface area contributed by atoms with Gasteiger partial charge in [0, 0.05) is 9.89 Å². The molecule has 0 amide bonds. The molecule has 0 aliphatic heterocycles. The summed E-state index contributed by atoms with van der Waals surface area (Å²) >= 11 is 9.66. The van der Waals surface area contributed by atoms with Gasteiger partial charge >= 0.3 is 0 Å². The molecule has 0 aliphatic rings. The molecule has 0 saturated carbocycles. The number of rotatable bonds is 1. The molecule has 98 valence electrons. The highest BCUT2D eigenvalue weighted by molar-refractivity contribution is 9.10. The van der Waals surface area contributed by atoms with Crippen LogP contribution in [0.4, 0.5) is 0 Å². The van der Waals surface area contributed by atoms with Gasteiger partial charge in [0.05, 0.1) is 11.4 Å². The summed E-state index contributed by atoms with van der Waals surface area (Å²) in [5.74, 6) is 0. The molecule has 0 atom stereocenters. The first-order valence-electron chi connectivity index (χ1n) is 5.79. The maximum atomic E-state index is 9.27. The summed E-state index contributed by atoms with van der Waals surface area (Å²) in [7, 11) is 0. The highest BCUT2D eigenvalue weighted by Gasteiger charge is 2.26. The fourth-order valence-corrected chi connectivity index (χ4v) is 2.31. The summed E-state index contributed by atoms with van der Waals surface area (Å²) in [6.45, 7) is 6.04. The van der Waals surface area contributed by atoms with Crippen molar-refractivity contribution in [3.8, 4) is 11.8 Å². The lowest BCUT2D eigenvalue weighted by atomic mass is 9.90. The maximum absolute atomic E-state index is 9.27. The monoisotopic (exact) mass is 337 g/mol. The van der Waals surface area contributed by atoms with Crippen molar-refractivity contribution in [3.63, 3.8) is 0 Å². The zero-order valence-corrected chi connectivity index (χ0v) is 13.2. The molecule has 0 saturated heterocycles. The van der Waals surface area contributed by atoms with Crippen LogP contribution in [0.3, 0.4) is 0 Å². The number of halogens is 2. The van der Waals surface area contributed by atoms with Crippen molar-refractivity contribution in [2.24, 2.45) is 0 Å². The Morgan fingerprint density at radius 3 is 2.26 bits per heavy atom. The van der Waals surface area contributed by atoms with E-state index in [0.29, 0.717) is 16.4 Å². The van der Waals surface area contributed by atoms with E-state index in [1.807, 2.05) is 45.0 Å². The molecule has 5 heteroatoms. The maximum Gasteiger partial charge on any atom is 0.150 e. The van der Waals surface area contributed by atoms with Crippen LogP contribution >= 0.6 is 27.5 Å².